The number of hydrogen-bond donors (Lipinski definition) is 0. The van der Waals surface area contributed by atoms with E-state index in [9.17, 15) is 91.1 Å². The number of urea groups is 6. The minimum atomic E-state index is -0.822. The van der Waals surface area contributed by atoms with Crippen LogP contribution in [0.25, 0.3) is 0 Å². The number of ether oxygens (including phenoxy) is 2. The van der Waals surface area contributed by atoms with Crippen LogP contribution in [0, 0.1) is 28.6 Å². The molecular weight excluding hydrogens is 1570 g/mol. The van der Waals surface area contributed by atoms with Crippen molar-refractivity contribution in [1.29, 1.82) is 0 Å². The van der Waals surface area contributed by atoms with Crippen molar-refractivity contribution in [3.05, 3.63) is 107 Å². The van der Waals surface area contributed by atoms with Gasteiger partial charge in [-0.05, 0) is 136 Å². The predicted molar refractivity (Wildman–Crippen MR) is 442 cm³/mol. The molecule has 0 bridgehead atoms. The number of carbonyl (C=O) groups excluding carboxylic acids is 19. The van der Waals surface area contributed by atoms with Gasteiger partial charge in [-0.15, -0.1) is 0 Å². The maximum absolute atomic E-state index is 12.6. The van der Waals surface area contributed by atoms with Gasteiger partial charge in [0.15, 0.2) is 0 Å². The lowest BCUT2D eigenvalue weighted by Gasteiger charge is -2.36. The van der Waals surface area contributed by atoms with Gasteiger partial charge in [0.05, 0.1) is 19.7 Å². The zero-order valence-electron chi connectivity index (χ0n) is 72.9. The third-order valence-corrected chi connectivity index (χ3v) is 20.7. The number of methoxy groups -OCH3 is 1. The van der Waals surface area contributed by atoms with Crippen LogP contribution in [0.15, 0.2) is 84.9 Å². The van der Waals surface area contributed by atoms with Crippen molar-refractivity contribution >= 4 is 125 Å². The Morgan fingerprint density at radius 1 is 0.400 bits per heavy atom. The van der Waals surface area contributed by atoms with Crippen LogP contribution in [0.3, 0.4) is 0 Å². The van der Waals surface area contributed by atoms with Crippen LogP contribution in [-0.2, 0) is 91.3 Å². The Bertz CT molecular complexity index is 4190. The topological polar surface area (TPSA) is 382 Å². The molecular formula is C86H121ClN12O21. The van der Waals surface area contributed by atoms with Gasteiger partial charge in [-0.25, -0.2) is 28.8 Å². The summed E-state index contributed by atoms with van der Waals surface area (Å²) in [5.74, 6) is -4.96. The fourth-order valence-corrected chi connectivity index (χ4v) is 13.8. The van der Waals surface area contributed by atoms with Gasteiger partial charge in [0, 0.05) is 78.6 Å². The molecule has 0 spiro atoms. The summed E-state index contributed by atoms with van der Waals surface area (Å²) in [7, 11) is 8.67. The molecule has 0 radical (unpaired) electrons. The Hall–Kier alpha value is -11.0. The van der Waals surface area contributed by atoms with Crippen LogP contribution in [-0.4, -0.2) is 259 Å². The van der Waals surface area contributed by atoms with Crippen molar-refractivity contribution in [3.63, 3.8) is 0 Å². The van der Waals surface area contributed by atoms with Crippen molar-refractivity contribution < 1.29 is 101 Å². The molecule has 34 heteroatoms. The average Bonchev–Trinajstić information content (AvgIpc) is 0.817. The zero-order chi connectivity index (χ0) is 90.5. The number of benzene rings is 3. The average molecular weight is 1690 g/mol. The molecule has 6 aliphatic rings. The summed E-state index contributed by atoms with van der Waals surface area (Å²) in [5, 5.41) is 0.531. The number of barbiturate groups is 6. The molecule has 0 aliphatic carbocycles. The van der Waals surface area contributed by atoms with Crippen molar-refractivity contribution in [2.75, 3.05) is 68.7 Å². The maximum Gasteiger partial charge on any atom is 0.334 e. The lowest BCUT2D eigenvalue weighted by Crippen LogP contribution is -2.56. The molecule has 0 N–H and O–H groups in total. The highest BCUT2D eigenvalue weighted by Crippen LogP contribution is 2.35. The largest absolute Gasteiger partial charge is 0.464 e. The summed E-state index contributed by atoms with van der Waals surface area (Å²) in [5.41, 5.74) is 3.08. The van der Waals surface area contributed by atoms with Crippen molar-refractivity contribution in [2.45, 2.75) is 224 Å². The quantitative estimate of drug-likeness (QED) is 0.0388. The lowest BCUT2D eigenvalue weighted by molar-refractivity contribution is -0.152. The summed E-state index contributed by atoms with van der Waals surface area (Å²) in [6.45, 7) is 28.0. The second-order valence-corrected chi connectivity index (χ2v) is 33.8. The minimum Gasteiger partial charge on any atom is -0.464 e. The van der Waals surface area contributed by atoms with Crippen LogP contribution in [0.5, 0.6) is 0 Å². The second kappa shape index (κ2) is 47.1. The van der Waals surface area contributed by atoms with Crippen molar-refractivity contribution in [1.82, 2.24) is 58.8 Å². The third-order valence-electron chi connectivity index (χ3n) is 20.4. The summed E-state index contributed by atoms with van der Waals surface area (Å²) in [4.78, 5) is 236. The Kier molecular flexibility index (Phi) is 39.8. The van der Waals surface area contributed by atoms with E-state index < -0.39 is 120 Å². The van der Waals surface area contributed by atoms with E-state index in [4.69, 9.17) is 21.1 Å². The summed E-state index contributed by atoms with van der Waals surface area (Å²) in [6, 6.07) is 21.4. The Morgan fingerprint density at radius 2 is 0.767 bits per heavy atom. The zero-order valence-corrected chi connectivity index (χ0v) is 73.7. The van der Waals surface area contributed by atoms with E-state index in [0.29, 0.717) is 60.3 Å². The predicted octanol–water partition coefficient (Wildman–Crippen LogP) is 11.3. The van der Waals surface area contributed by atoms with E-state index in [1.165, 1.54) is 45.0 Å². The Labute approximate surface area is 708 Å². The molecule has 5 unspecified atom stereocenters. The van der Waals surface area contributed by atoms with Crippen molar-refractivity contribution in [3.8, 4) is 0 Å². The molecule has 24 amide bonds. The molecule has 9 rings (SSSR count). The number of hydrogen-bond acceptors (Lipinski definition) is 21. The van der Waals surface area contributed by atoms with Crippen LogP contribution >= 0.6 is 11.6 Å². The smallest absolute Gasteiger partial charge is 0.334 e. The van der Waals surface area contributed by atoms with Gasteiger partial charge >= 0.3 is 42.2 Å². The van der Waals surface area contributed by atoms with Crippen LogP contribution in [0.4, 0.5) is 28.8 Å². The van der Waals surface area contributed by atoms with E-state index in [1.54, 1.807) is 52.1 Å². The molecule has 6 fully saturated rings. The Balaban J connectivity index is 0.000000310. The molecule has 3 aromatic carbocycles. The van der Waals surface area contributed by atoms with E-state index in [-0.39, 0.29) is 87.2 Å². The first-order chi connectivity index (χ1) is 56.0. The molecule has 33 nitrogen and oxygen atoms in total. The third kappa shape index (κ3) is 31.0. The molecule has 5 atom stereocenters. The normalized spacial score (nSPS) is 17.7. The first kappa shape index (κ1) is 101. The summed E-state index contributed by atoms with van der Waals surface area (Å²) in [6.07, 6.45) is 7.49. The van der Waals surface area contributed by atoms with Crippen LogP contribution in [0.1, 0.15) is 203 Å². The van der Waals surface area contributed by atoms with Gasteiger partial charge in [0.2, 0.25) is 70.9 Å². The fraction of sp³-hybridized carbons (Fsp3) is 0.570. The number of nitrogens with zero attached hydrogens (tertiary/aromatic N) is 12. The molecule has 6 saturated heterocycles. The standard InChI is InChI=1S/C23H42N2O3.C20H25ClN2O6.C14H16N2O3.C12H12N2O3.C9H14N2O3.C8H12N2O3/c1-16(13-22(3,4)5)10-11-18(17(2)14-23(6,7)8)15-25-20(27)12-19(26)24(9)21(25)28;1-28-10-4-2-3-5-11-29-19(26)14-23-18(25)12-17(24)22(20(23)27)13-15-6-8-16(21)9-7-15;1-10(8-11-6-4-3-5-7-11)16-13(18)9-12(17)15(2)14(16)19;1-13-10(15)7-11(16)14(12(13)17)8-9-5-3-2-4-6-9;1-4-6(2)11-8(13)5-7(12)10(3)9(11)14;1-5(2)10-7(12)4-6(11)9(3)8(10)13/h16-18H,10-15H2,1-9H3;6-9H,2-5,10-14H2,1H3;3-7,10H,8-9H2,1-2H3;2-6H,7-8H2,1H3;6H,4-5H2,1-3H3;5H,4H2,1-3H3. The highest BCUT2D eigenvalue weighted by atomic mass is 35.5. The van der Waals surface area contributed by atoms with Gasteiger partial charge in [-0.2, -0.15) is 0 Å². The minimum absolute atomic E-state index is 0.00482. The number of halogens is 1. The second-order valence-electron chi connectivity index (χ2n) is 33.3. The summed E-state index contributed by atoms with van der Waals surface area (Å²) < 4.78 is 10.1. The maximum atomic E-state index is 12.6. The monoisotopic (exact) mass is 1690 g/mol. The molecule has 0 saturated carbocycles. The molecule has 120 heavy (non-hydrogen) atoms. The van der Waals surface area contributed by atoms with E-state index in [0.717, 1.165) is 105 Å². The lowest BCUT2D eigenvalue weighted by atomic mass is 9.76. The first-order valence-corrected chi connectivity index (χ1v) is 40.6. The van der Waals surface area contributed by atoms with Crippen LogP contribution < -0.4 is 0 Å². The van der Waals surface area contributed by atoms with E-state index in [1.807, 2.05) is 74.5 Å². The molecule has 0 aromatic heterocycles. The van der Waals surface area contributed by atoms with Gasteiger partial charge in [-0.3, -0.25) is 121 Å². The fourth-order valence-electron chi connectivity index (χ4n) is 13.7. The van der Waals surface area contributed by atoms with Gasteiger partial charge in [0.25, 0.3) is 0 Å². The van der Waals surface area contributed by atoms with E-state index in [2.05, 4.69) is 55.4 Å². The Morgan fingerprint density at radius 3 is 1.21 bits per heavy atom. The number of imide groups is 12. The van der Waals surface area contributed by atoms with Gasteiger partial charge in [0.1, 0.15) is 45.1 Å². The first-order valence-electron chi connectivity index (χ1n) is 40.3. The van der Waals surface area contributed by atoms with Crippen molar-refractivity contribution in [2.24, 2.45) is 28.6 Å². The number of rotatable bonds is 27. The van der Waals surface area contributed by atoms with Crippen LogP contribution in [0.2, 0.25) is 5.02 Å². The van der Waals surface area contributed by atoms with Gasteiger partial charge < -0.3 is 9.47 Å². The van der Waals surface area contributed by atoms with E-state index >= 15 is 0 Å². The number of unbranched alkanes of at least 4 members (excludes halogenated alkanes) is 3. The highest BCUT2D eigenvalue weighted by molar-refractivity contribution is 6.30. The number of esters is 1. The highest BCUT2D eigenvalue weighted by Gasteiger charge is 2.44. The molecule has 6 heterocycles. The molecule has 3 aromatic rings. The molecule has 658 valence electrons. The van der Waals surface area contributed by atoms with Gasteiger partial charge in [-0.1, -0.05) is 160 Å². The number of amides is 24. The number of carbonyl (C=O) groups is 19. The SMILES string of the molecule is CC(C)N1C(=O)CC(=O)N(C)C1=O.CC(CCC(CN1C(=O)CC(=O)N(C)C1=O)C(C)CC(C)(C)C)CC(C)(C)C.CC(Cc1ccccc1)N1C(=O)CC(=O)N(C)C1=O.CCC(C)N1C(=O)CC(=O)N(C)C1=O.CN1C(=O)CC(=O)N(Cc2ccccc2)C1=O.COCCCCCCOC(=O)CN1C(=O)CC(=O)N(Cc2ccc(Cl)cc2)C1=O. The summed E-state index contributed by atoms with van der Waals surface area (Å²) >= 11 is 5.84. The molecule has 6 aliphatic heterocycles.